The normalized spacial score (nSPS) is 12.7. The van der Waals surface area contributed by atoms with Crippen molar-refractivity contribution in [3.05, 3.63) is 77.4 Å². The van der Waals surface area contributed by atoms with Gasteiger partial charge < -0.3 is 28.4 Å². The lowest BCUT2D eigenvalue weighted by Crippen LogP contribution is -2.15. The first kappa shape index (κ1) is 23.3. The summed E-state index contributed by atoms with van der Waals surface area (Å²) in [6, 6.07) is 19.4. The van der Waals surface area contributed by atoms with Gasteiger partial charge in [-0.1, -0.05) is 43.3 Å². The van der Waals surface area contributed by atoms with Gasteiger partial charge in [0.2, 0.25) is 6.79 Å². The molecule has 0 N–H and O–H groups in total. The summed E-state index contributed by atoms with van der Waals surface area (Å²) < 4.78 is 33.5. The molecule has 0 aliphatic carbocycles. The minimum atomic E-state index is -0.430. The van der Waals surface area contributed by atoms with E-state index in [1.807, 2.05) is 61.5 Å². The second kappa shape index (κ2) is 10.8. The third kappa shape index (κ3) is 5.36. The maximum atomic E-state index is 11.9. The molecule has 0 fully saturated rings. The van der Waals surface area contributed by atoms with Gasteiger partial charge in [-0.3, -0.25) is 0 Å². The summed E-state index contributed by atoms with van der Waals surface area (Å²) in [5.41, 5.74) is 2.92. The van der Waals surface area contributed by atoms with Crippen molar-refractivity contribution in [2.75, 3.05) is 27.1 Å². The fourth-order valence-corrected chi connectivity index (χ4v) is 3.73. The number of methoxy groups -OCH3 is 1. The average molecular weight is 465 g/mol. The zero-order valence-electron chi connectivity index (χ0n) is 19.5. The Morgan fingerprint density at radius 3 is 2.44 bits per heavy atom. The van der Waals surface area contributed by atoms with Crippen LogP contribution < -0.4 is 23.7 Å². The highest BCUT2D eigenvalue weighted by molar-refractivity contribution is 5.71. The van der Waals surface area contributed by atoms with Crippen molar-refractivity contribution in [3.63, 3.8) is 0 Å². The zero-order valence-corrected chi connectivity index (χ0v) is 19.5. The lowest BCUT2D eigenvalue weighted by atomic mass is 9.91. The largest absolute Gasteiger partial charge is 0.493 e. The van der Waals surface area contributed by atoms with Crippen LogP contribution >= 0.6 is 0 Å². The van der Waals surface area contributed by atoms with Gasteiger partial charge in [-0.15, -0.1) is 0 Å². The van der Waals surface area contributed by atoms with Crippen LogP contribution in [0.3, 0.4) is 0 Å². The number of carbonyl (C=O) groups excluding carboxylic acids is 1. The Kier molecular flexibility index (Phi) is 7.42. The standard InChI is InChI=1S/C27H28O7/c1-4-30-27(28)16-32-23-14-26-25(33-17-34-26)13-21(23)18(2)20-10-11-22(24(12-20)29-3)31-15-19-8-6-5-7-9-19/h5-14,18H,4,15-17H2,1-3H3/t18-/m1/s1. The molecule has 1 aliphatic rings. The fraction of sp³-hybridized carbons (Fsp3) is 0.296. The van der Waals surface area contributed by atoms with Crippen LogP contribution in [0, 0.1) is 0 Å². The number of ether oxygens (including phenoxy) is 6. The van der Waals surface area contributed by atoms with E-state index in [1.165, 1.54) is 0 Å². The molecule has 1 heterocycles. The van der Waals surface area contributed by atoms with Gasteiger partial charge in [0.1, 0.15) is 12.4 Å². The molecule has 0 aromatic heterocycles. The Balaban J connectivity index is 1.57. The van der Waals surface area contributed by atoms with Crippen LogP contribution in [-0.2, 0) is 16.1 Å². The van der Waals surface area contributed by atoms with Crippen molar-refractivity contribution in [3.8, 4) is 28.7 Å². The van der Waals surface area contributed by atoms with Gasteiger partial charge in [0.25, 0.3) is 0 Å². The topological polar surface area (TPSA) is 72.5 Å². The second-order valence-corrected chi connectivity index (χ2v) is 7.74. The molecule has 34 heavy (non-hydrogen) atoms. The van der Waals surface area contributed by atoms with E-state index in [0.717, 1.165) is 16.7 Å². The Hall–Kier alpha value is -3.87. The molecule has 7 heteroatoms. The maximum absolute atomic E-state index is 11.9. The predicted octanol–water partition coefficient (Wildman–Crippen LogP) is 5.10. The van der Waals surface area contributed by atoms with E-state index < -0.39 is 5.97 Å². The van der Waals surface area contributed by atoms with Crippen LogP contribution in [0.5, 0.6) is 28.7 Å². The van der Waals surface area contributed by atoms with Gasteiger partial charge in [-0.25, -0.2) is 4.79 Å². The maximum Gasteiger partial charge on any atom is 0.344 e. The predicted molar refractivity (Wildman–Crippen MR) is 126 cm³/mol. The highest BCUT2D eigenvalue weighted by Crippen LogP contribution is 2.43. The molecule has 1 atom stereocenters. The van der Waals surface area contributed by atoms with E-state index in [9.17, 15) is 4.79 Å². The first-order chi connectivity index (χ1) is 16.6. The Labute approximate surface area is 199 Å². The molecular formula is C27H28O7. The third-order valence-electron chi connectivity index (χ3n) is 5.55. The number of benzene rings is 3. The van der Waals surface area contributed by atoms with E-state index in [2.05, 4.69) is 0 Å². The average Bonchev–Trinajstić information content (AvgIpc) is 3.33. The lowest BCUT2D eigenvalue weighted by Gasteiger charge is -2.19. The monoisotopic (exact) mass is 464 g/mol. The van der Waals surface area contributed by atoms with Crippen LogP contribution in [0.4, 0.5) is 0 Å². The first-order valence-electron chi connectivity index (χ1n) is 11.2. The minimum Gasteiger partial charge on any atom is -0.493 e. The third-order valence-corrected chi connectivity index (χ3v) is 5.55. The highest BCUT2D eigenvalue weighted by atomic mass is 16.7. The van der Waals surface area contributed by atoms with Crippen LogP contribution in [0.25, 0.3) is 0 Å². The fourth-order valence-electron chi connectivity index (χ4n) is 3.73. The number of carbonyl (C=O) groups is 1. The summed E-state index contributed by atoms with van der Waals surface area (Å²) in [5.74, 6) is 2.52. The van der Waals surface area contributed by atoms with Crippen LogP contribution in [0.15, 0.2) is 60.7 Å². The molecule has 0 spiro atoms. The van der Waals surface area contributed by atoms with Crippen molar-refractivity contribution in [1.29, 1.82) is 0 Å². The molecular weight excluding hydrogens is 436 g/mol. The quantitative estimate of drug-likeness (QED) is 0.387. The molecule has 0 saturated heterocycles. The molecule has 1 aliphatic heterocycles. The summed E-state index contributed by atoms with van der Waals surface area (Å²) in [7, 11) is 1.62. The van der Waals surface area contributed by atoms with E-state index in [1.54, 1.807) is 20.1 Å². The Bertz CT molecular complexity index is 1130. The molecule has 4 rings (SSSR count). The van der Waals surface area contributed by atoms with E-state index in [4.69, 9.17) is 28.4 Å². The molecule has 3 aromatic rings. The van der Waals surface area contributed by atoms with Gasteiger partial charge in [0, 0.05) is 17.5 Å². The number of rotatable bonds is 10. The summed E-state index contributed by atoms with van der Waals surface area (Å²) in [5, 5.41) is 0. The van der Waals surface area contributed by atoms with Crippen LogP contribution in [0.2, 0.25) is 0 Å². The van der Waals surface area contributed by atoms with Crippen molar-refractivity contribution in [2.24, 2.45) is 0 Å². The molecule has 0 amide bonds. The molecule has 0 saturated carbocycles. The molecule has 178 valence electrons. The van der Waals surface area contributed by atoms with Gasteiger partial charge in [-0.05, 0) is 36.2 Å². The summed E-state index contributed by atoms with van der Waals surface area (Å²) in [4.78, 5) is 11.9. The van der Waals surface area contributed by atoms with Gasteiger partial charge in [-0.2, -0.15) is 0 Å². The summed E-state index contributed by atoms with van der Waals surface area (Å²) >= 11 is 0. The lowest BCUT2D eigenvalue weighted by molar-refractivity contribution is -0.145. The van der Waals surface area contributed by atoms with Crippen LogP contribution in [0.1, 0.15) is 36.5 Å². The SMILES string of the molecule is CCOC(=O)COc1cc2c(cc1[C@H](C)c1ccc(OCc3ccccc3)c(OC)c1)OCO2. The number of esters is 1. The van der Waals surface area contributed by atoms with E-state index in [0.29, 0.717) is 42.0 Å². The van der Waals surface area contributed by atoms with Gasteiger partial charge in [0.15, 0.2) is 29.6 Å². The molecule has 7 nitrogen and oxygen atoms in total. The Morgan fingerprint density at radius 1 is 0.941 bits per heavy atom. The molecule has 0 radical (unpaired) electrons. The van der Waals surface area contributed by atoms with Crippen molar-refractivity contribution in [2.45, 2.75) is 26.4 Å². The van der Waals surface area contributed by atoms with Gasteiger partial charge >= 0.3 is 5.97 Å². The van der Waals surface area contributed by atoms with E-state index >= 15 is 0 Å². The second-order valence-electron chi connectivity index (χ2n) is 7.74. The van der Waals surface area contributed by atoms with Crippen molar-refractivity contribution < 1.29 is 33.2 Å². The smallest absolute Gasteiger partial charge is 0.344 e. The molecule has 0 unspecified atom stereocenters. The highest BCUT2D eigenvalue weighted by Gasteiger charge is 2.23. The zero-order chi connectivity index (χ0) is 23.9. The van der Waals surface area contributed by atoms with Crippen molar-refractivity contribution in [1.82, 2.24) is 0 Å². The minimum absolute atomic E-state index is 0.0937. The van der Waals surface area contributed by atoms with E-state index in [-0.39, 0.29) is 19.3 Å². The first-order valence-corrected chi connectivity index (χ1v) is 11.2. The Morgan fingerprint density at radius 2 is 1.71 bits per heavy atom. The molecule has 3 aromatic carbocycles. The number of hydrogen-bond acceptors (Lipinski definition) is 7. The van der Waals surface area contributed by atoms with Crippen molar-refractivity contribution >= 4 is 5.97 Å². The van der Waals surface area contributed by atoms with Gasteiger partial charge in [0.05, 0.1) is 13.7 Å². The van der Waals surface area contributed by atoms with Crippen LogP contribution in [-0.4, -0.2) is 33.1 Å². The summed E-state index contributed by atoms with van der Waals surface area (Å²) in [6.07, 6.45) is 0. The number of fused-ring (bicyclic) bond motifs is 1. The molecule has 0 bridgehead atoms. The summed E-state index contributed by atoms with van der Waals surface area (Å²) in [6.45, 7) is 4.50. The number of hydrogen-bond donors (Lipinski definition) is 0.